The van der Waals surface area contributed by atoms with E-state index in [0.29, 0.717) is 12.6 Å². The number of allylic oxidation sites excluding steroid dienone is 3. The summed E-state index contributed by atoms with van der Waals surface area (Å²) in [5.74, 6) is 0.250. The molecule has 2 saturated heterocycles. The average Bonchev–Trinajstić information content (AvgIpc) is 3.30. The Labute approximate surface area is 179 Å². The third-order valence-electron chi connectivity index (χ3n) is 8.53. The lowest BCUT2D eigenvalue weighted by molar-refractivity contribution is -0.128. The van der Waals surface area contributed by atoms with Gasteiger partial charge in [-0.05, 0) is 88.8 Å². The minimum atomic E-state index is -0.259. The molecule has 1 N–H and O–H groups in total. The lowest BCUT2D eigenvalue weighted by Gasteiger charge is -2.46. The molecule has 2 amide bonds. The second-order valence-electron chi connectivity index (χ2n) is 10.0. The maximum Gasteiger partial charge on any atom is 0.409 e. The first-order valence-electron chi connectivity index (χ1n) is 11.9. The van der Waals surface area contributed by atoms with Gasteiger partial charge in [0.15, 0.2) is 0 Å². The van der Waals surface area contributed by atoms with Crippen LogP contribution in [0.3, 0.4) is 0 Å². The Bertz CT molecular complexity index is 771. The molecule has 5 rings (SSSR count). The normalized spacial score (nSPS) is 33.3. The van der Waals surface area contributed by atoms with Crippen molar-refractivity contribution in [1.82, 2.24) is 15.1 Å². The number of likely N-dealkylation sites (tertiary alicyclic amines) is 2. The van der Waals surface area contributed by atoms with Crippen molar-refractivity contribution in [3.8, 4) is 0 Å². The third-order valence-corrected chi connectivity index (χ3v) is 8.53. The molecule has 0 radical (unpaired) electrons. The number of hydrogen-bond acceptors (Lipinski definition) is 4. The first kappa shape index (κ1) is 20.1. The van der Waals surface area contributed by atoms with Crippen LogP contribution in [0.25, 0.3) is 0 Å². The number of rotatable bonds is 2. The number of amides is 2. The van der Waals surface area contributed by atoms with E-state index in [-0.39, 0.29) is 22.8 Å². The highest BCUT2D eigenvalue weighted by molar-refractivity contribution is 5.92. The second-order valence-corrected chi connectivity index (χ2v) is 10.0. The van der Waals surface area contributed by atoms with Crippen molar-refractivity contribution in [3.05, 3.63) is 23.4 Å². The maximum absolute atomic E-state index is 12.9. The van der Waals surface area contributed by atoms with Crippen LogP contribution in [0.2, 0.25) is 0 Å². The topological polar surface area (TPSA) is 61.9 Å². The molecule has 2 aliphatic carbocycles. The summed E-state index contributed by atoms with van der Waals surface area (Å²) in [6.45, 7) is 6.25. The summed E-state index contributed by atoms with van der Waals surface area (Å²) < 4.78 is 5.20. The van der Waals surface area contributed by atoms with E-state index < -0.39 is 0 Å². The van der Waals surface area contributed by atoms with Crippen LogP contribution in [0.4, 0.5) is 4.79 Å². The van der Waals surface area contributed by atoms with Gasteiger partial charge in [-0.2, -0.15) is 0 Å². The number of piperidine rings is 1. The van der Waals surface area contributed by atoms with Crippen molar-refractivity contribution in [2.24, 2.45) is 10.8 Å². The van der Waals surface area contributed by atoms with E-state index in [4.69, 9.17) is 4.74 Å². The first-order chi connectivity index (χ1) is 14.6. The lowest BCUT2D eigenvalue weighted by atomic mass is 9.67. The van der Waals surface area contributed by atoms with Crippen molar-refractivity contribution in [1.29, 1.82) is 0 Å². The van der Waals surface area contributed by atoms with Gasteiger partial charge in [0.05, 0.1) is 12.0 Å². The van der Waals surface area contributed by atoms with E-state index in [9.17, 15) is 9.59 Å². The highest BCUT2D eigenvalue weighted by Gasteiger charge is 2.51. The zero-order valence-electron chi connectivity index (χ0n) is 18.3. The summed E-state index contributed by atoms with van der Waals surface area (Å²) in [7, 11) is 0. The molecule has 6 nitrogen and oxygen atoms in total. The van der Waals surface area contributed by atoms with Gasteiger partial charge in [0.2, 0.25) is 5.91 Å². The maximum atomic E-state index is 12.9. The summed E-state index contributed by atoms with van der Waals surface area (Å²) in [6.07, 6.45) is 14.0. The van der Waals surface area contributed by atoms with Crippen LogP contribution >= 0.6 is 0 Å². The Hall–Kier alpha value is -1.82. The van der Waals surface area contributed by atoms with Crippen molar-refractivity contribution in [3.63, 3.8) is 0 Å². The lowest BCUT2D eigenvalue weighted by Crippen LogP contribution is -2.49. The van der Waals surface area contributed by atoms with Crippen molar-refractivity contribution < 1.29 is 14.3 Å². The van der Waals surface area contributed by atoms with Gasteiger partial charge in [0.25, 0.3) is 0 Å². The quantitative estimate of drug-likeness (QED) is 0.751. The zero-order chi connectivity index (χ0) is 20.8. The van der Waals surface area contributed by atoms with E-state index in [1.54, 1.807) is 0 Å². The Balaban J connectivity index is 1.16. The number of ether oxygens (including phenoxy) is 1. The standard InChI is InChI=1S/C24H35N3O3/c1-2-30-22(29)27-16-13-23(17-27)11-14-26(15-12-23)18-7-9-24(10-8-18)19-5-3-4-6-20(19)25-21(24)28/h3,5,18H,2,4,6-17H2,1H3,(H,25,28). The van der Waals surface area contributed by atoms with Gasteiger partial charge in [-0.3, -0.25) is 4.79 Å². The minimum absolute atomic E-state index is 0.144. The monoisotopic (exact) mass is 413 g/mol. The molecule has 30 heavy (non-hydrogen) atoms. The van der Waals surface area contributed by atoms with Crippen molar-refractivity contribution in [2.45, 2.75) is 70.8 Å². The molecule has 0 atom stereocenters. The predicted molar refractivity (Wildman–Crippen MR) is 115 cm³/mol. The van der Waals surface area contributed by atoms with Gasteiger partial charge in [0.1, 0.15) is 0 Å². The summed E-state index contributed by atoms with van der Waals surface area (Å²) in [5, 5.41) is 3.20. The number of hydrogen-bond donors (Lipinski definition) is 1. The Morgan fingerprint density at radius 2 is 1.90 bits per heavy atom. The van der Waals surface area contributed by atoms with Crippen LogP contribution in [-0.2, 0) is 9.53 Å². The number of fused-ring (bicyclic) bond motifs is 1. The van der Waals surface area contributed by atoms with Crippen LogP contribution < -0.4 is 5.32 Å². The van der Waals surface area contributed by atoms with Gasteiger partial charge in [-0.1, -0.05) is 12.2 Å². The molecule has 2 spiro atoms. The molecule has 0 aromatic rings. The third kappa shape index (κ3) is 3.28. The van der Waals surface area contributed by atoms with Crippen molar-refractivity contribution in [2.75, 3.05) is 32.8 Å². The Morgan fingerprint density at radius 3 is 2.63 bits per heavy atom. The highest BCUT2D eigenvalue weighted by atomic mass is 16.6. The number of carbonyl (C=O) groups excluding carboxylic acids is 2. The fourth-order valence-corrected chi connectivity index (χ4v) is 6.66. The van der Waals surface area contributed by atoms with E-state index in [1.165, 1.54) is 24.1 Å². The smallest absolute Gasteiger partial charge is 0.409 e. The van der Waals surface area contributed by atoms with Crippen LogP contribution in [0.1, 0.15) is 64.7 Å². The van der Waals surface area contributed by atoms with Crippen LogP contribution in [0.15, 0.2) is 23.4 Å². The second kappa shape index (κ2) is 7.70. The molecule has 0 aromatic carbocycles. The fourth-order valence-electron chi connectivity index (χ4n) is 6.66. The first-order valence-corrected chi connectivity index (χ1v) is 11.9. The van der Waals surface area contributed by atoms with Crippen LogP contribution in [0, 0.1) is 10.8 Å². The fraction of sp³-hybridized carbons (Fsp3) is 0.750. The molecule has 164 valence electrons. The van der Waals surface area contributed by atoms with E-state index >= 15 is 0 Å². The molecule has 1 saturated carbocycles. The summed E-state index contributed by atoms with van der Waals surface area (Å²) >= 11 is 0. The molecule has 5 aliphatic rings. The van der Waals surface area contributed by atoms with Gasteiger partial charge >= 0.3 is 6.09 Å². The SMILES string of the molecule is CCOC(=O)N1CCC2(CCN(C3CCC4(CC3)C(=O)NC3=C4C=CCC3)CC2)C1. The molecular formula is C24H35N3O3. The molecule has 0 unspecified atom stereocenters. The zero-order valence-corrected chi connectivity index (χ0v) is 18.3. The number of carbonyl (C=O) groups is 2. The number of nitrogens with one attached hydrogen (secondary N) is 1. The molecule has 6 heteroatoms. The summed E-state index contributed by atoms with van der Waals surface area (Å²) in [4.78, 5) is 29.5. The van der Waals surface area contributed by atoms with Gasteiger partial charge < -0.3 is 19.9 Å². The van der Waals surface area contributed by atoms with Crippen LogP contribution in [0.5, 0.6) is 0 Å². The van der Waals surface area contributed by atoms with Gasteiger partial charge in [-0.25, -0.2) is 4.79 Å². The average molecular weight is 414 g/mol. The van der Waals surface area contributed by atoms with Gasteiger partial charge in [-0.15, -0.1) is 0 Å². The summed E-state index contributed by atoms with van der Waals surface area (Å²) in [6, 6.07) is 0.598. The molecule has 3 aliphatic heterocycles. The van der Waals surface area contributed by atoms with Gasteiger partial charge in [0, 0.05) is 24.8 Å². The molecule has 0 aromatic heterocycles. The minimum Gasteiger partial charge on any atom is -0.450 e. The summed E-state index contributed by atoms with van der Waals surface area (Å²) in [5.41, 5.74) is 2.51. The Morgan fingerprint density at radius 1 is 1.17 bits per heavy atom. The molecule has 0 bridgehead atoms. The predicted octanol–water partition coefficient (Wildman–Crippen LogP) is 3.59. The van der Waals surface area contributed by atoms with Crippen molar-refractivity contribution >= 4 is 12.0 Å². The van der Waals surface area contributed by atoms with E-state index in [1.807, 2.05) is 11.8 Å². The largest absolute Gasteiger partial charge is 0.450 e. The Kier molecular flexibility index (Phi) is 5.16. The van der Waals surface area contributed by atoms with Crippen LogP contribution in [-0.4, -0.2) is 60.6 Å². The number of nitrogens with zero attached hydrogens (tertiary/aromatic N) is 2. The molecular weight excluding hydrogens is 378 g/mol. The molecule has 3 fully saturated rings. The molecule has 3 heterocycles. The van der Waals surface area contributed by atoms with E-state index in [0.717, 1.165) is 71.1 Å². The van der Waals surface area contributed by atoms with E-state index in [2.05, 4.69) is 22.4 Å². The highest BCUT2D eigenvalue weighted by Crippen LogP contribution is 2.50.